The van der Waals surface area contributed by atoms with E-state index >= 15 is 0 Å². The maximum absolute atomic E-state index is 13.5. The number of benzene rings is 1. The average Bonchev–Trinajstić information content (AvgIpc) is 2.87. The summed E-state index contributed by atoms with van der Waals surface area (Å²) in [6.07, 6.45) is -4.70. The maximum atomic E-state index is 13.5. The van der Waals surface area contributed by atoms with Crippen LogP contribution in [0.5, 0.6) is 0 Å². The molecule has 1 aliphatic heterocycles. The fraction of sp³-hybridized carbons (Fsp3) is 0.538. The molecule has 3 nitrogen and oxygen atoms in total. The van der Waals surface area contributed by atoms with Crippen LogP contribution in [0.2, 0.25) is 0 Å². The topological polar surface area (TPSA) is 30.5 Å². The molecule has 1 unspecified atom stereocenters. The Morgan fingerprint density at radius 1 is 1.30 bits per heavy atom. The molecular weight excluding hydrogens is 278 g/mol. The molecule has 0 aromatic heterocycles. The summed E-state index contributed by atoms with van der Waals surface area (Å²) < 4.78 is 61.6. The quantitative estimate of drug-likeness (QED) is 0.866. The van der Waals surface area contributed by atoms with E-state index in [9.17, 15) is 17.6 Å². The largest absolute Gasteiger partial charge is 0.419 e. The van der Waals surface area contributed by atoms with Crippen LogP contribution >= 0.6 is 0 Å². The first-order chi connectivity index (χ1) is 9.41. The van der Waals surface area contributed by atoms with Crippen molar-refractivity contribution in [3.05, 3.63) is 35.1 Å². The number of alkyl halides is 3. The van der Waals surface area contributed by atoms with E-state index in [0.29, 0.717) is 25.2 Å². The molecule has 1 aliphatic rings. The van der Waals surface area contributed by atoms with Crippen LogP contribution in [0.4, 0.5) is 17.6 Å². The number of hydrogen-bond acceptors (Lipinski definition) is 3. The van der Waals surface area contributed by atoms with Crippen LogP contribution < -0.4 is 5.32 Å². The first-order valence-electron chi connectivity index (χ1n) is 6.19. The molecule has 2 rings (SSSR count). The lowest BCUT2D eigenvalue weighted by atomic mass is 10.0. The van der Waals surface area contributed by atoms with Gasteiger partial charge in [-0.05, 0) is 24.7 Å². The molecule has 0 amide bonds. The van der Waals surface area contributed by atoms with Crippen molar-refractivity contribution in [2.24, 2.45) is 0 Å². The lowest BCUT2D eigenvalue weighted by molar-refractivity contribution is -0.140. The Hall–Kier alpha value is -1.18. The van der Waals surface area contributed by atoms with Gasteiger partial charge in [0.05, 0.1) is 18.8 Å². The van der Waals surface area contributed by atoms with E-state index in [4.69, 9.17) is 9.47 Å². The molecule has 1 fully saturated rings. The molecule has 1 saturated heterocycles. The SMILES string of the molecule is CNC(CC1OCCO1)c1ccc(C(F)(F)F)c(F)c1. The van der Waals surface area contributed by atoms with Crippen molar-refractivity contribution in [1.29, 1.82) is 0 Å². The van der Waals surface area contributed by atoms with Gasteiger partial charge in [-0.1, -0.05) is 6.07 Å². The Morgan fingerprint density at radius 2 is 1.95 bits per heavy atom. The summed E-state index contributed by atoms with van der Waals surface area (Å²) in [7, 11) is 1.65. The third-order valence-corrected chi connectivity index (χ3v) is 3.17. The average molecular weight is 293 g/mol. The number of nitrogens with one attached hydrogen (secondary N) is 1. The predicted molar refractivity (Wildman–Crippen MR) is 63.5 cm³/mol. The zero-order valence-corrected chi connectivity index (χ0v) is 10.8. The molecule has 112 valence electrons. The van der Waals surface area contributed by atoms with Crippen LogP contribution in [0.15, 0.2) is 18.2 Å². The molecule has 7 heteroatoms. The molecule has 1 atom stereocenters. The van der Waals surface area contributed by atoms with Gasteiger partial charge >= 0.3 is 6.18 Å². The summed E-state index contributed by atoms with van der Waals surface area (Å²) in [5.41, 5.74) is -0.832. The zero-order chi connectivity index (χ0) is 14.8. The van der Waals surface area contributed by atoms with Gasteiger partial charge in [-0.25, -0.2) is 4.39 Å². The van der Waals surface area contributed by atoms with Crippen molar-refractivity contribution >= 4 is 0 Å². The summed E-state index contributed by atoms with van der Waals surface area (Å²) in [5.74, 6) is -1.27. The second kappa shape index (κ2) is 6.07. The normalized spacial score (nSPS) is 18.4. The monoisotopic (exact) mass is 293 g/mol. The van der Waals surface area contributed by atoms with E-state index in [1.165, 1.54) is 6.07 Å². The third kappa shape index (κ3) is 3.47. The van der Waals surface area contributed by atoms with E-state index in [0.717, 1.165) is 12.1 Å². The molecule has 1 aromatic carbocycles. The summed E-state index contributed by atoms with van der Waals surface area (Å²) in [6, 6.07) is 2.58. The first-order valence-corrected chi connectivity index (χ1v) is 6.19. The molecule has 20 heavy (non-hydrogen) atoms. The Balaban J connectivity index is 2.15. The molecule has 0 spiro atoms. The summed E-state index contributed by atoms with van der Waals surface area (Å²) in [6.45, 7) is 0.977. The highest BCUT2D eigenvalue weighted by molar-refractivity contribution is 5.28. The highest BCUT2D eigenvalue weighted by Crippen LogP contribution is 2.33. The molecule has 0 aliphatic carbocycles. The van der Waals surface area contributed by atoms with Crippen LogP contribution in [0.1, 0.15) is 23.6 Å². The number of hydrogen-bond donors (Lipinski definition) is 1. The van der Waals surface area contributed by atoms with Crippen molar-refractivity contribution < 1.29 is 27.0 Å². The fourth-order valence-corrected chi connectivity index (χ4v) is 2.13. The van der Waals surface area contributed by atoms with E-state index in [1.807, 2.05) is 0 Å². The van der Waals surface area contributed by atoms with Crippen molar-refractivity contribution in [3.63, 3.8) is 0 Å². The van der Waals surface area contributed by atoms with Crippen LogP contribution in [0.25, 0.3) is 0 Å². The van der Waals surface area contributed by atoms with Gasteiger partial charge in [-0.3, -0.25) is 0 Å². The van der Waals surface area contributed by atoms with E-state index in [1.54, 1.807) is 7.05 Å². The standard InChI is InChI=1S/C13H15F4NO2/c1-18-11(7-12-19-4-5-20-12)8-2-3-9(10(14)6-8)13(15,16)17/h2-3,6,11-12,18H,4-5,7H2,1H3. The van der Waals surface area contributed by atoms with Crippen molar-refractivity contribution in [2.45, 2.75) is 24.9 Å². The molecule has 0 bridgehead atoms. The zero-order valence-electron chi connectivity index (χ0n) is 10.8. The van der Waals surface area contributed by atoms with Gasteiger partial charge in [0.2, 0.25) is 0 Å². The summed E-state index contributed by atoms with van der Waals surface area (Å²) >= 11 is 0. The Labute approximate surface area is 113 Å². The number of ether oxygens (including phenoxy) is 2. The van der Waals surface area contributed by atoms with Crippen LogP contribution in [0.3, 0.4) is 0 Å². The molecule has 1 aromatic rings. The third-order valence-electron chi connectivity index (χ3n) is 3.17. The van der Waals surface area contributed by atoms with Gasteiger partial charge < -0.3 is 14.8 Å². The van der Waals surface area contributed by atoms with Gasteiger partial charge in [0.25, 0.3) is 0 Å². The Kier molecular flexibility index (Phi) is 4.62. The maximum Gasteiger partial charge on any atom is 0.419 e. The highest BCUT2D eigenvalue weighted by atomic mass is 19.4. The minimum absolute atomic E-state index is 0.338. The second-order valence-corrected chi connectivity index (χ2v) is 4.49. The van der Waals surface area contributed by atoms with Crippen LogP contribution in [0, 0.1) is 5.82 Å². The first kappa shape index (κ1) is 15.2. The lowest BCUT2D eigenvalue weighted by Gasteiger charge is -2.20. The summed E-state index contributed by atoms with van der Waals surface area (Å²) in [5, 5.41) is 2.92. The van der Waals surface area contributed by atoms with Crippen LogP contribution in [-0.4, -0.2) is 26.6 Å². The van der Waals surface area contributed by atoms with Gasteiger partial charge in [0, 0.05) is 12.5 Å². The van der Waals surface area contributed by atoms with Gasteiger partial charge in [0.15, 0.2) is 6.29 Å². The molecular formula is C13H15F4NO2. The van der Waals surface area contributed by atoms with Gasteiger partial charge in [0.1, 0.15) is 5.82 Å². The Morgan fingerprint density at radius 3 is 2.45 bits per heavy atom. The van der Waals surface area contributed by atoms with E-state index in [-0.39, 0.29) is 6.04 Å². The van der Waals surface area contributed by atoms with E-state index in [2.05, 4.69) is 5.32 Å². The fourth-order valence-electron chi connectivity index (χ4n) is 2.13. The predicted octanol–water partition coefficient (Wildman–Crippen LogP) is 2.87. The number of halogens is 4. The van der Waals surface area contributed by atoms with E-state index < -0.39 is 23.8 Å². The Bertz CT molecular complexity index is 458. The molecule has 1 heterocycles. The molecule has 0 radical (unpaired) electrons. The smallest absolute Gasteiger partial charge is 0.350 e. The molecule has 0 saturated carbocycles. The van der Waals surface area contributed by atoms with Crippen molar-refractivity contribution in [1.82, 2.24) is 5.32 Å². The molecule has 1 N–H and O–H groups in total. The highest BCUT2D eigenvalue weighted by Gasteiger charge is 2.34. The number of rotatable bonds is 4. The van der Waals surface area contributed by atoms with Crippen LogP contribution in [-0.2, 0) is 15.7 Å². The minimum atomic E-state index is -4.69. The van der Waals surface area contributed by atoms with Crippen molar-refractivity contribution in [2.75, 3.05) is 20.3 Å². The minimum Gasteiger partial charge on any atom is -0.350 e. The second-order valence-electron chi connectivity index (χ2n) is 4.49. The van der Waals surface area contributed by atoms with Gasteiger partial charge in [-0.2, -0.15) is 13.2 Å². The summed E-state index contributed by atoms with van der Waals surface area (Å²) in [4.78, 5) is 0. The van der Waals surface area contributed by atoms with Crippen molar-refractivity contribution in [3.8, 4) is 0 Å². The van der Waals surface area contributed by atoms with Gasteiger partial charge in [-0.15, -0.1) is 0 Å². The lowest BCUT2D eigenvalue weighted by Crippen LogP contribution is -2.23.